The summed E-state index contributed by atoms with van der Waals surface area (Å²) in [6.07, 6.45) is 3.42. The molecule has 1 aromatic carbocycles. The first kappa shape index (κ1) is 13.1. The number of nitrogens with two attached hydrogens (primary N) is 1. The number of para-hydroxylation sites is 1. The maximum atomic E-state index is 7.68. The maximum absolute atomic E-state index is 7.68. The molecule has 0 saturated heterocycles. The first-order valence-corrected chi connectivity index (χ1v) is 6.26. The Morgan fingerprint density at radius 1 is 1.26 bits per heavy atom. The zero-order valence-corrected chi connectivity index (χ0v) is 11.2. The fourth-order valence-electron chi connectivity index (χ4n) is 2.17. The van der Waals surface area contributed by atoms with Crippen molar-refractivity contribution in [2.75, 3.05) is 11.4 Å². The number of aromatic nitrogens is 1. The van der Waals surface area contributed by atoms with Gasteiger partial charge in [0, 0.05) is 24.0 Å². The van der Waals surface area contributed by atoms with Crippen LogP contribution in [-0.2, 0) is 0 Å². The number of amidine groups is 1. The highest BCUT2D eigenvalue weighted by Crippen LogP contribution is 2.29. The SMILES string of the molecule is CCN(c1ccccc1C)c1cnccc1C(=N)N. The molecule has 0 amide bonds. The van der Waals surface area contributed by atoms with Gasteiger partial charge in [-0.1, -0.05) is 18.2 Å². The predicted octanol–water partition coefficient (Wildman–Crippen LogP) is 2.83. The van der Waals surface area contributed by atoms with E-state index in [0.717, 1.165) is 17.9 Å². The molecule has 0 radical (unpaired) electrons. The standard InChI is InChI=1S/C15H18N4/c1-3-19(13-7-5-4-6-11(13)2)14-10-18-9-8-12(14)15(16)17/h4-10H,3H2,1-2H3,(H3,16,17). The summed E-state index contributed by atoms with van der Waals surface area (Å²) >= 11 is 0. The monoisotopic (exact) mass is 254 g/mol. The number of nitrogen functional groups attached to an aromatic ring is 1. The van der Waals surface area contributed by atoms with Crippen LogP contribution in [0.5, 0.6) is 0 Å². The average Bonchev–Trinajstić information content (AvgIpc) is 2.42. The first-order valence-electron chi connectivity index (χ1n) is 6.26. The molecule has 0 aliphatic heterocycles. The van der Waals surface area contributed by atoms with Crippen LogP contribution < -0.4 is 10.6 Å². The van der Waals surface area contributed by atoms with Gasteiger partial charge in [0.1, 0.15) is 5.84 Å². The Kier molecular flexibility index (Phi) is 3.80. The smallest absolute Gasteiger partial charge is 0.125 e. The van der Waals surface area contributed by atoms with E-state index in [9.17, 15) is 0 Å². The normalized spacial score (nSPS) is 10.2. The Balaban J connectivity index is 2.55. The second kappa shape index (κ2) is 5.52. The lowest BCUT2D eigenvalue weighted by Crippen LogP contribution is -2.22. The molecule has 0 fully saturated rings. The molecule has 0 aliphatic rings. The van der Waals surface area contributed by atoms with E-state index in [2.05, 4.69) is 35.9 Å². The summed E-state index contributed by atoms with van der Waals surface area (Å²) in [5.74, 6) is 0.0597. The summed E-state index contributed by atoms with van der Waals surface area (Å²) in [5.41, 5.74) is 9.52. The van der Waals surface area contributed by atoms with Crippen LogP contribution in [0.2, 0.25) is 0 Å². The lowest BCUT2D eigenvalue weighted by Gasteiger charge is -2.26. The van der Waals surface area contributed by atoms with E-state index in [1.54, 1.807) is 18.5 Å². The minimum Gasteiger partial charge on any atom is -0.384 e. The maximum Gasteiger partial charge on any atom is 0.125 e. The number of rotatable bonds is 4. The van der Waals surface area contributed by atoms with Crippen molar-refractivity contribution in [3.05, 3.63) is 53.9 Å². The second-order valence-electron chi connectivity index (χ2n) is 4.34. The molecule has 0 saturated carbocycles. The molecular weight excluding hydrogens is 236 g/mol. The summed E-state index contributed by atoms with van der Waals surface area (Å²) in [4.78, 5) is 6.28. The molecule has 19 heavy (non-hydrogen) atoms. The van der Waals surface area contributed by atoms with E-state index < -0.39 is 0 Å². The van der Waals surface area contributed by atoms with Crippen molar-refractivity contribution in [1.82, 2.24) is 4.98 Å². The number of hydrogen-bond donors (Lipinski definition) is 2. The van der Waals surface area contributed by atoms with Crippen molar-refractivity contribution in [1.29, 1.82) is 5.41 Å². The quantitative estimate of drug-likeness (QED) is 0.651. The highest BCUT2D eigenvalue weighted by Gasteiger charge is 2.14. The molecule has 0 unspecified atom stereocenters. The number of nitrogens with zero attached hydrogens (tertiary/aromatic N) is 2. The fraction of sp³-hybridized carbons (Fsp3) is 0.200. The topological polar surface area (TPSA) is 66.0 Å². The van der Waals surface area contributed by atoms with Gasteiger partial charge in [0.2, 0.25) is 0 Å². The molecule has 3 N–H and O–H groups in total. The molecule has 1 heterocycles. The van der Waals surface area contributed by atoms with Crippen LogP contribution in [0.4, 0.5) is 11.4 Å². The summed E-state index contributed by atoms with van der Waals surface area (Å²) in [7, 11) is 0. The van der Waals surface area contributed by atoms with Crippen LogP contribution in [0.25, 0.3) is 0 Å². The molecule has 0 bridgehead atoms. The van der Waals surface area contributed by atoms with Gasteiger partial charge in [-0.3, -0.25) is 10.4 Å². The van der Waals surface area contributed by atoms with Crippen molar-refractivity contribution < 1.29 is 0 Å². The molecule has 4 heteroatoms. The minimum atomic E-state index is 0.0597. The zero-order valence-electron chi connectivity index (χ0n) is 11.2. The Morgan fingerprint density at radius 3 is 2.63 bits per heavy atom. The number of anilines is 2. The molecule has 98 valence electrons. The Labute approximate surface area is 113 Å². The van der Waals surface area contributed by atoms with E-state index in [0.29, 0.717) is 5.56 Å². The Hall–Kier alpha value is -2.36. The highest BCUT2D eigenvalue weighted by atomic mass is 15.1. The third-order valence-corrected chi connectivity index (χ3v) is 3.10. The van der Waals surface area contributed by atoms with Crippen molar-refractivity contribution in [3.8, 4) is 0 Å². The summed E-state index contributed by atoms with van der Waals surface area (Å²) < 4.78 is 0. The summed E-state index contributed by atoms with van der Waals surface area (Å²) in [5, 5.41) is 7.68. The van der Waals surface area contributed by atoms with Gasteiger partial charge in [-0.05, 0) is 31.5 Å². The van der Waals surface area contributed by atoms with Gasteiger partial charge >= 0.3 is 0 Å². The van der Waals surface area contributed by atoms with Crippen LogP contribution in [-0.4, -0.2) is 17.4 Å². The van der Waals surface area contributed by atoms with Crippen LogP contribution >= 0.6 is 0 Å². The van der Waals surface area contributed by atoms with Crippen LogP contribution in [0.3, 0.4) is 0 Å². The molecule has 0 aliphatic carbocycles. The van der Waals surface area contributed by atoms with Gasteiger partial charge in [-0.25, -0.2) is 0 Å². The van der Waals surface area contributed by atoms with Crippen molar-refractivity contribution in [3.63, 3.8) is 0 Å². The average molecular weight is 254 g/mol. The van der Waals surface area contributed by atoms with Gasteiger partial charge in [0.05, 0.1) is 11.9 Å². The molecule has 4 nitrogen and oxygen atoms in total. The number of aryl methyl sites for hydroxylation is 1. The minimum absolute atomic E-state index is 0.0597. The van der Waals surface area contributed by atoms with Gasteiger partial charge in [0.15, 0.2) is 0 Å². The van der Waals surface area contributed by atoms with Crippen molar-refractivity contribution >= 4 is 17.2 Å². The Morgan fingerprint density at radius 2 is 2.00 bits per heavy atom. The van der Waals surface area contributed by atoms with Gasteiger partial charge in [0.25, 0.3) is 0 Å². The largest absolute Gasteiger partial charge is 0.384 e. The van der Waals surface area contributed by atoms with E-state index in [1.807, 2.05) is 12.1 Å². The second-order valence-corrected chi connectivity index (χ2v) is 4.34. The van der Waals surface area contributed by atoms with Crippen LogP contribution in [0.15, 0.2) is 42.7 Å². The number of benzene rings is 1. The van der Waals surface area contributed by atoms with E-state index >= 15 is 0 Å². The first-order chi connectivity index (χ1) is 9.15. The summed E-state index contributed by atoms with van der Waals surface area (Å²) in [6.45, 7) is 4.93. The van der Waals surface area contributed by atoms with E-state index in [-0.39, 0.29) is 5.84 Å². The van der Waals surface area contributed by atoms with Gasteiger partial charge in [-0.2, -0.15) is 0 Å². The predicted molar refractivity (Wildman–Crippen MR) is 79.1 cm³/mol. The van der Waals surface area contributed by atoms with E-state index in [4.69, 9.17) is 11.1 Å². The summed E-state index contributed by atoms with van der Waals surface area (Å²) in [6, 6.07) is 9.94. The van der Waals surface area contributed by atoms with Crippen LogP contribution in [0.1, 0.15) is 18.1 Å². The fourth-order valence-corrected chi connectivity index (χ4v) is 2.17. The number of nitrogens with one attached hydrogen (secondary N) is 1. The van der Waals surface area contributed by atoms with Crippen molar-refractivity contribution in [2.24, 2.45) is 5.73 Å². The lowest BCUT2D eigenvalue weighted by molar-refractivity contribution is 1.00. The van der Waals surface area contributed by atoms with Crippen LogP contribution in [0, 0.1) is 12.3 Å². The molecule has 0 spiro atoms. The molecule has 1 aromatic heterocycles. The van der Waals surface area contributed by atoms with Crippen molar-refractivity contribution in [2.45, 2.75) is 13.8 Å². The lowest BCUT2D eigenvalue weighted by atomic mass is 10.1. The zero-order chi connectivity index (χ0) is 13.8. The number of hydrogen-bond acceptors (Lipinski definition) is 3. The third-order valence-electron chi connectivity index (χ3n) is 3.10. The third kappa shape index (κ3) is 2.57. The molecule has 2 aromatic rings. The van der Waals surface area contributed by atoms with Gasteiger partial charge in [-0.15, -0.1) is 0 Å². The van der Waals surface area contributed by atoms with E-state index in [1.165, 1.54) is 5.56 Å². The molecule has 0 atom stereocenters. The van der Waals surface area contributed by atoms with Gasteiger partial charge < -0.3 is 10.6 Å². The molecular formula is C15H18N4. The number of pyridine rings is 1. The molecule has 2 rings (SSSR count). The Bertz CT molecular complexity index is 592. The highest BCUT2D eigenvalue weighted by molar-refractivity contribution is 6.01.